The van der Waals surface area contributed by atoms with E-state index < -0.39 is 11.4 Å². The number of aldehydes is 1. The van der Waals surface area contributed by atoms with Gasteiger partial charge < -0.3 is 9.64 Å². The molecular weight excluding hydrogens is 362 g/mol. The lowest BCUT2D eigenvalue weighted by Crippen LogP contribution is -2.40. The smallest absolute Gasteiger partial charge is 0.308 e. The maximum Gasteiger partial charge on any atom is 0.308 e. The molecular formula is C17H22BrNO4. The zero-order valence-electron chi connectivity index (χ0n) is 13.8. The van der Waals surface area contributed by atoms with Crippen molar-refractivity contribution in [2.24, 2.45) is 0 Å². The van der Waals surface area contributed by atoms with Crippen molar-refractivity contribution in [1.82, 2.24) is 0 Å². The van der Waals surface area contributed by atoms with Gasteiger partial charge >= 0.3 is 5.97 Å². The van der Waals surface area contributed by atoms with Crippen LogP contribution in [0, 0.1) is 0 Å². The van der Waals surface area contributed by atoms with Crippen molar-refractivity contribution in [3.05, 3.63) is 28.7 Å². The molecule has 0 N–H and O–H groups in total. The maximum atomic E-state index is 12.0. The molecule has 0 heterocycles. The minimum atomic E-state index is -0.559. The first kappa shape index (κ1) is 19.4. The van der Waals surface area contributed by atoms with E-state index >= 15 is 0 Å². The summed E-state index contributed by atoms with van der Waals surface area (Å²) < 4.78 is 6.17. The van der Waals surface area contributed by atoms with E-state index in [1.54, 1.807) is 25.7 Å². The molecule has 1 aromatic rings. The molecule has 0 bridgehead atoms. The summed E-state index contributed by atoms with van der Waals surface area (Å²) in [6.07, 6.45) is 0.418. The van der Waals surface area contributed by atoms with E-state index in [0.29, 0.717) is 6.29 Å². The molecule has 126 valence electrons. The molecule has 1 atom stereocenters. The summed E-state index contributed by atoms with van der Waals surface area (Å²) in [4.78, 5) is 36.0. The lowest BCUT2D eigenvalue weighted by molar-refractivity contribution is -0.155. The molecule has 0 aliphatic rings. The number of halogens is 1. The Kier molecular flexibility index (Phi) is 6.94. The largest absolute Gasteiger partial charge is 0.460 e. The number of carbonyl (C=O) groups is 3. The number of anilines is 1. The van der Waals surface area contributed by atoms with Crippen molar-refractivity contribution in [3.63, 3.8) is 0 Å². The van der Waals surface area contributed by atoms with Crippen LogP contribution in [0.2, 0.25) is 0 Å². The Labute approximate surface area is 145 Å². The summed E-state index contributed by atoms with van der Waals surface area (Å²) in [7, 11) is 0. The van der Waals surface area contributed by atoms with Crippen LogP contribution in [-0.4, -0.2) is 36.2 Å². The first-order valence-electron chi connectivity index (χ1n) is 7.34. The Morgan fingerprint density at radius 3 is 2.52 bits per heavy atom. The van der Waals surface area contributed by atoms with E-state index in [9.17, 15) is 14.4 Å². The fraction of sp³-hybridized carbons (Fsp3) is 0.471. The molecule has 0 fully saturated rings. The molecule has 5 nitrogen and oxygen atoms in total. The highest BCUT2D eigenvalue weighted by molar-refractivity contribution is 9.10. The highest BCUT2D eigenvalue weighted by Gasteiger charge is 2.23. The second-order valence-electron chi connectivity index (χ2n) is 6.33. The number of ketones is 1. The third kappa shape index (κ3) is 6.95. The average Bonchev–Trinajstić information content (AvgIpc) is 2.41. The van der Waals surface area contributed by atoms with Crippen molar-refractivity contribution in [3.8, 4) is 0 Å². The third-order valence-corrected chi connectivity index (χ3v) is 3.50. The molecule has 0 aliphatic heterocycles. The number of hydrogen-bond donors (Lipinski definition) is 0. The molecule has 1 aromatic carbocycles. The predicted octanol–water partition coefficient (Wildman–Crippen LogP) is 3.14. The Bertz CT molecular complexity index is 580. The number of hydrogen-bond acceptors (Lipinski definition) is 5. The first-order valence-corrected chi connectivity index (χ1v) is 8.13. The number of benzene rings is 1. The molecule has 0 saturated heterocycles. The summed E-state index contributed by atoms with van der Waals surface area (Å²) in [6, 6.07) is 7.07. The van der Waals surface area contributed by atoms with Crippen molar-refractivity contribution >= 4 is 39.7 Å². The molecule has 23 heavy (non-hydrogen) atoms. The molecule has 0 amide bonds. The van der Waals surface area contributed by atoms with Crippen LogP contribution in [0.15, 0.2) is 28.7 Å². The van der Waals surface area contributed by atoms with Crippen LogP contribution in [0.3, 0.4) is 0 Å². The van der Waals surface area contributed by atoms with Crippen LogP contribution < -0.4 is 4.90 Å². The van der Waals surface area contributed by atoms with E-state index in [4.69, 9.17) is 4.74 Å². The monoisotopic (exact) mass is 383 g/mol. The second kappa shape index (κ2) is 8.24. The Hall–Kier alpha value is -1.69. The SMILES string of the molecule is CC(CC(=O)OC(C)(C)C)N(CC(=O)C=O)c1cccc(Br)c1. The molecule has 0 aromatic heterocycles. The lowest BCUT2D eigenvalue weighted by atomic mass is 10.1. The van der Waals surface area contributed by atoms with Crippen molar-refractivity contribution in [2.45, 2.75) is 45.8 Å². The van der Waals surface area contributed by atoms with Crippen LogP contribution in [0.5, 0.6) is 0 Å². The Morgan fingerprint density at radius 2 is 2.00 bits per heavy atom. The molecule has 6 heteroatoms. The van der Waals surface area contributed by atoms with Gasteiger partial charge in [0.15, 0.2) is 6.29 Å². The number of Topliss-reactive ketones (excluding diaryl/α,β-unsaturated/α-hetero) is 1. The second-order valence-corrected chi connectivity index (χ2v) is 7.25. The third-order valence-electron chi connectivity index (χ3n) is 3.01. The van der Waals surface area contributed by atoms with Crippen molar-refractivity contribution in [1.29, 1.82) is 0 Å². The quantitative estimate of drug-likeness (QED) is 0.411. The van der Waals surface area contributed by atoms with Crippen LogP contribution in [0.1, 0.15) is 34.1 Å². The fourth-order valence-electron chi connectivity index (χ4n) is 2.10. The van der Waals surface area contributed by atoms with Gasteiger partial charge in [0, 0.05) is 16.2 Å². The van der Waals surface area contributed by atoms with E-state index in [1.165, 1.54) is 0 Å². The van der Waals surface area contributed by atoms with Gasteiger partial charge in [-0.15, -0.1) is 0 Å². The lowest BCUT2D eigenvalue weighted by Gasteiger charge is -2.30. The standard InChI is InChI=1S/C17H22BrNO4/c1-12(8-16(22)23-17(2,3)4)19(10-15(21)11-20)14-7-5-6-13(18)9-14/h5-7,9,11-12H,8,10H2,1-4H3. The summed E-state index contributed by atoms with van der Waals surface area (Å²) in [6.45, 7) is 7.15. The Morgan fingerprint density at radius 1 is 1.35 bits per heavy atom. The van der Waals surface area contributed by atoms with Gasteiger partial charge in [-0.05, 0) is 45.9 Å². The maximum absolute atomic E-state index is 12.0. The normalized spacial score (nSPS) is 12.4. The minimum Gasteiger partial charge on any atom is -0.460 e. The van der Waals surface area contributed by atoms with Gasteiger partial charge in [-0.1, -0.05) is 22.0 Å². The minimum absolute atomic E-state index is 0.0794. The van der Waals surface area contributed by atoms with Gasteiger partial charge in [0.1, 0.15) is 5.60 Å². The summed E-state index contributed by atoms with van der Waals surface area (Å²) in [5, 5.41) is 0. The topological polar surface area (TPSA) is 63.7 Å². The van der Waals surface area contributed by atoms with Gasteiger partial charge in [-0.25, -0.2) is 0 Å². The molecule has 1 unspecified atom stereocenters. The van der Waals surface area contributed by atoms with Crippen molar-refractivity contribution < 1.29 is 19.1 Å². The van der Waals surface area contributed by atoms with E-state index in [0.717, 1.165) is 10.2 Å². The van der Waals surface area contributed by atoms with Crippen LogP contribution >= 0.6 is 15.9 Å². The number of ether oxygens (including phenoxy) is 1. The van der Waals surface area contributed by atoms with Gasteiger partial charge in [0.05, 0.1) is 13.0 Å². The van der Waals surface area contributed by atoms with E-state index in [2.05, 4.69) is 15.9 Å². The van der Waals surface area contributed by atoms with Crippen LogP contribution in [0.25, 0.3) is 0 Å². The summed E-state index contributed by atoms with van der Waals surface area (Å²) >= 11 is 3.38. The fourth-order valence-corrected chi connectivity index (χ4v) is 2.48. The number of esters is 1. The van der Waals surface area contributed by atoms with E-state index in [-0.39, 0.29) is 25.0 Å². The predicted molar refractivity (Wildman–Crippen MR) is 92.5 cm³/mol. The highest BCUT2D eigenvalue weighted by atomic mass is 79.9. The molecule has 0 saturated carbocycles. The summed E-state index contributed by atoms with van der Waals surface area (Å²) in [5.41, 5.74) is 0.196. The zero-order valence-corrected chi connectivity index (χ0v) is 15.4. The van der Waals surface area contributed by atoms with Gasteiger partial charge in [-0.3, -0.25) is 14.4 Å². The van der Waals surface area contributed by atoms with Crippen LogP contribution in [-0.2, 0) is 19.1 Å². The van der Waals surface area contributed by atoms with Crippen LogP contribution in [0.4, 0.5) is 5.69 Å². The number of rotatable bonds is 7. The van der Waals surface area contributed by atoms with E-state index in [1.807, 2.05) is 31.2 Å². The number of nitrogens with zero attached hydrogens (tertiary/aromatic N) is 1. The molecule has 0 aliphatic carbocycles. The summed E-state index contributed by atoms with van der Waals surface area (Å²) in [5.74, 6) is -0.885. The first-order chi connectivity index (χ1) is 10.6. The average molecular weight is 384 g/mol. The molecule has 0 radical (unpaired) electrons. The molecule has 1 rings (SSSR count). The highest BCUT2D eigenvalue weighted by Crippen LogP contribution is 2.23. The van der Waals surface area contributed by atoms with Crippen molar-refractivity contribution in [2.75, 3.05) is 11.4 Å². The molecule has 0 spiro atoms. The van der Waals surface area contributed by atoms with Gasteiger partial charge in [0.2, 0.25) is 5.78 Å². The van der Waals surface area contributed by atoms with Gasteiger partial charge in [-0.2, -0.15) is 0 Å². The number of carbonyl (C=O) groups excluding carboxylic acids is 3. The Balaban J connectivity index is 2.93. The zero-order chi connectivity index (χ0) is 17.6. The van der Waals surface area contributed by atoms with Gasteiger partial charge in [0.25, 0.3) is 0 Å².